The number of hydrogen-bond acceptors (Lipinski definition) is 4. The van der Waals surface area contributed by atoms with E-state index in [2.05, 4.69) is 10.3 Å². The van der Waals surface area contributed by atoms with E-state index in [0.29, 0.717) is 23.9 Å². The number of anilines is 1. The first kappa shape index (κ1) is 12.2. The molecule has 0 aliphatic rings. The van der Waals surface area contributed by atoms with Crippen molar-refractivity contribution in [1.29, 1.82) is 0 Å². The second-order valence-corrected chi connectivity index (χ2v) is 3.71. The zero-order chi connectivity index (χ0) is 11.3. The normalized spacial score (nSPS) is 12.5. The Kier molecular flexibility index (Phi) is 4.81. The molecule has 0 bridgehead atoms. The van der Waals surface area contributed by atoms with Crippen LogP contribution < -0.4 is 11.1 Å². The molecule has 1 rings (SSSR count). The third kappa shape index (κ3) is 3.66. The topological polar surface area (TPSA) is 60.2 Å². The predicted octanol–water partition coefficient (Wildman–Crippen LogP) is 1.64. The van der Waals surface area contributed by atoms with Crippen LogP contribution in [0.4, 0.5) is 5.82 Å². The molecule has 1 unspecified atom stereocenters. The van der Waals surface area contributed by atoms with Gasteiger partial charge in [-0.15, -0.1) is 0 Å². The molecule has 0 amide bonds. The van der Waals surface area contributed by atoms with Crippen LogP contribution in [-0.4, -0.2) is 24.7 Å². The van der Waals surface area contributed by atoms with Gasteiger partial charge in [0.15, 0.2) is 0 Å². The lowest BCUT2D eigenvalue weighted by molar-refractivity contribution is 0.128. The van der Waals surface area contributed by atoms with Gasteiger partial charge in [0.05, 0.1) is 11.1 Å². The minimum Gasteiger partial charge on any atom is -0.380 e. The van der Waals surface area contributed by atoms with Crippen LogP contribution in [0, 0.1) is 0 Å². The van der Waals surface area contributed by atoms with E-state index in [1.165, 1.54) is 0 Å². The van der Waals surface area contributed by atoms with E-state index in [-0.39, 0.29) is 6.10 Å². The zero-order valence-corrected chi connectivity index (χ0v) is 9.71. The molecule has 0 aliphatic carbocycles. The standard InChI is InChI=1S/C10H16ClN3O/c1-7(15-2)5-13-10-9(11)3-8(4-12)6-14-10/h3,6-7H,4-5,12H2,1-2H3,(H,13,14). The van der Waals surface area contributed by atoms with Gasteiger partial charge in [-0.2, -0.15) is 0 Å². The highest BCUT2D eigenvalue weighted by molar-refractivity contribution is 6.32. The number of rotatable bonds is 5. The highest BCUT2D eigenvalue weighted by Gasteiger charge is 2.04. The van der Waals surface area contributed by atoms with Gasteiger partial charge < -0.3 is 15.8 Å². The molecule has 3 N–H and O–H groups in total. The summed E-state index contributed by atoms with van der Waals surface area (Å²) in [5.74, 6) is 0.665. The van der Waals surface area contributed by atoms with E-state index >= 15 is 0 Å². The number of aromatic nitrogens is 1. The minimum absolute atomic E-state index is 0.122. The van der Waals surface area contributed by atoms with Crippen LogP contribution in [0.3, 0.4) is 0 Å². The predicted molar refractivity (Wildman–Crippen MR) is 62.1 cm³/mol. The van der Waals surface area contributed by atoms with Crippen molar-refractivity contribution >= 4 is 17.4 Å². The van der Waals surface area contributed by atoms with E-state index in [4.69, 9.17) is 22.1 Å². The van der Waals surface area contributed by atoms with Crippen LogP contribution in [0.2, 0.25) is 5.02 Å². The molecule has 0 aromatic carbocycles. The Balaban J connectivity index is 2.62. The number of pyridine rings is 1. The first-order valence-corrected chi connectivity index (χ1v) is 5.16. The molecular formula is C10H16ClN3O. The summed E-state index contributed by atoms with van der Waals surface area (Å²) in [7, 11) is 1.67. The zero-order valence-electron chi connectivity index (χ0n) is 8.96. The number of hydrogen-bond donors (Lipinski definition) is 2. The van der Waals surface area contributed by atoms with Crippen LogP contribution in [0.5, 0.6) is 0 Å². The van der Waals surface area contributed by atoms with E-state index in [1.54, 1.807) is 13.3 Å². The highest BCUT2D eigenvalue weighted by atomic mass is 35.5. The van der Waals surface area contributed by atoms with Gasteiger partial charge in [-0.1, -0.05) is 11.6 Å². The second kappa shape index (κ2) is 5.90. The lowest BCUT2D eigenvalue weighted by Gasteiger charge is -2.12. The van der Waals surface area contributed by atoms with Gasteiger partial charge in [0.2, 0.25) is 0 Å². The van der Waals surface area contributed by atoms with Gasteiger partial charge in [-0.05, 0) is 18.6 Å². The van der Waals surface area contributed by atoms with Crippen molar-refractivity contribution < 1.29 is 4.74 Å². The largest absolute Gasteiger partial charge is 0.380 e. The number of nitrogens with two attached hydrogens (primary N) is 1. The van der Waals surface area contributed by atoms with Gasteiger partial charge in [0, 0.05) is 26.4 Å². The van der Waals surface area contributed by atoms with Gasteiger partial charge in [-0.25, -0.2) is 4.98 Å². The van der Waals surface area contributed by atoms with Crippen molar-refractivity contribution in [2.45, 2.75) is 19.6 Å². The summed E-state index contributed by atoms with van der Waals surface area (Å²) >= 11 is 6.01. The number of halogens is 1. The number of ether oxygens (including phenoxy) is 1. The maximum atomic E-state index is 6.01. The van der Waals surface area contributed by atoms with Gasteiger partial charge in [-0.3, -0.25) is 0 Å². The number of methoxy groups -OCH3 is 1. The van der Waals surface area contributed by atoms with Crippen molar-refractivity contribution in [2.75, 3.05) is 19.0 Å². The van der Waals surface area contributed by atoms with Gasteiger partial charge >= 0.3 is 0 Å². The third-order valence-electron chi connectivity index (χ3n) is 2.09. The lowest BCUT2D eigenvalue weighted by atomic mass is 10.3. The van der Waals surface area contributed by atoms with E-state index in [1.807, 2.05) is 13.0 Å². The summed E-state index contributed by atoms with van der Waals surface area (Å²) in [4.78, 5) is 4.18. The molecule has 15 heavy (non-hydrogen) atoms. The fourth-order valence-electron chi connectivity index (χ4n) is 1.04. The molecule has 0 fully saturated rings. The van der Waals surface area contributed by atoms with Crippen molar-refractivity contribution in [3.8, 4) is 0 Å². The van der Waals surface area contributed by atoms with E-state index in [0.717, 1.165) is 5.56 Å². The van der Waals surface area contributed by atoms with Crippen LogP contribution in [0.15, 0.2) is 12.3 Å². The summed E-state index contributed by atoms with van der Waals surface area (Å²) in [6.45, 7) is 3.09. The fraction of sp³-hybridized carbons (Fsp3) is 0.500. The molecule has 0 saturated carbocycles. The molecule has 4 nitrogen and oxygen atoms in total. The smallest absolute Gasteiger partial charge is 0.144 e. The van der Waals surface area contributed by atoms with Crippen LogP contribution in [0.25, 0.3) is 0 Å². The molecule has 0 spiro atoms. The summed E-state index contributed by atoms with van der Waals surface area (Å²) in [5.41, 5.74) is 6.40. The maximum absolute atomic E-state index is 6.01. The molecule has 1 heterocycles. The Morgan fingerprint density at radius 1 is 1.67 bits per heavy atom. The van der Waals surface area contributed by atoms with Crippen LogP contribution >= 0.6 is 11.6 Å². The Bertz CT molecular complexity index is 320. The average Bonchev–Trinajstić information content (AvgIpc) is 2.26. The Morgan fingerprint density at radius 3 is 2.93 bits per heavy atom. The van der Waals surface area contributed by atoms with Gasteiger partial charge in [0.25, 0.3) is 0 Å². The highest BCUT2D eigenvalue weighted by Crippen LogP contribution is 2.19. The summed E-state index contributed by atoms with van der Waals surface area (Å²) < 4.78 is 5.10. The molecule has 0 saturated heterocycles. The molecular weight excluding hydrogens is 214 g/mol. The van der Waals surface area contributed by atoms with Crippen LogP contribution in [-0.2, 0) is 11.3 Å². The van der Waals surface area contributed by atoms with Gasteiger partial charge in [0.1, 0.15) is 5.82 Å². The Hall–Kier alpha value is -0.840. The monoisotopic (exact) mass is 229 g/mol. The van der Waals surface area contributed by atoms with Crippen molar-refractivity contribution in [3.63, 3.8) is 0 Å². The maximum Gasteiger partial charge on any atom is 0.144 e. The molecule has 1 aromatic rings. The van der Waals surface area contributed by atoms with E-state index < -0.39 is 0 Å². The average molecular weight is 230 g/mol. The van der Waals surface area contributed by atoms with Crippen molar-refractivity contribution in [3.05, 3.63) is 22.8 Å². The Labute approximate surface area is 94.8 Å². The molecule has 84 valence electrons. The second-order valence-electron chi connectivity index (χ2n) is 3.31. The van der Waals surface area contributed by atoms with E-state index in [9.17, 15) is 0 Å². The molecule has 1 aromatic heterocycles. The number of nitrogens with zero attached hydrogens (tertiary/aromatic N) is 1. The third-order valence-corrected chi connectivity index (χ3v) is 2.38. The first-order valence-electron chi connectivity index (χ1n) is 4.78. The quantitative estimate of drug-likeness (QED) is 0.806. The number of nitrogens with one attached hydrogen (secondary N) is 1. The molecule has 5 heteroatoms. The summed E-state index contributed by atoms with van der Waals surface area (Å²) in [5, 5.41) is 3.69. The molecule has 0 aliphatic heterocycles. The minimum atomic E-state index is 0.122. The van der Waals surface area contributed by atoms with Crippen LogP contribution in [0.1, 0.15) is 12.5 Å². The summed E-state index contributed by atoms with van der Waals surface area (Å²) in [6.07, 6.45) is 1.84. The Morgan fingerprint density at radius 2 is 2.40 bits per heavy atom. The molecule has 1 atom stereocenters. The summed E-state index contributed by atoms with van der Waals surface area (Å²) in [6, 6.07) is 1.81. The first-order chi connectivity index (χ1) is 7.17. The molecule has 0 radical (unpaired) electrons. The van der Waals surface area contributed by atoms with Crippen molar-refractivity contribution in [1.82, 2.24) is 4.98 Å². The van der Waals surface area contributed by atoms with Crippen molar-refractivity contribution in [2.24, 2.45) is 5.73 Å². The lowest BCUT2D eigenvalue weighted by Crippen LogP contribution is -2.18. The fourth-order valence-corrected chi connectivity index (χ4v) is 1.30. The SMILES string of the molecule is COC(C)CNc1ncc(CN)cc1Cl.